The van der Waals surface area contributed by atoms with Crippen LogP contribution < -0.4 is 5.32 Å². The molecule has 1 saturated heterocycles. The predicted octanol–water partition coefficient (Wildman–Crippen LogP) is 0.935. The van der Waals surface area contributed by atoms with Crippen LogP contribution in [0.25, 0.3) is 0 Å². The Labute approximate surface area is 97.4 Å². The summed E-state index contributed by atoms with van der Waals surface area (Å²) in [6, 6.07) is 0.0360. The number of nitrogens with one attached hydrogen (secondary N) is 1. The average Bonchev–Trinajstić information content (AvgIpc) is 2.63. The third kappa shape index (κ3) is 3.46. The molecule has 0 aromatic rings. The van der Waals surface area contributed by atoms with E-state index in [1.54, 1.807) is 0 Å². The van der Waals surface area contributed by atoms with Crippen LogP contribution in [0, 0.1) is 11.8 Å². The Morgan fingerprint density at radius 2 is 2.25 bits per heavy atom. The standard InChI is InChI=1S/C12H23NO3/c1-8(2)10(4-6-14)13-12(15)11-9(3)5-7-16-11/h8-11,14H,4-7H2,1-3H3,(H,13,15). The molecule has 2 N–H and O–H groups in total. The largest absolute Gasteiger partial charge is 0.396 e. The van der Waals surface area contributed by atoms with Crippen molar-refractivity contribution in [1.29, 1.82) is 0 Å². The molecule has 0 aromatic carbocycles. The number of carbonyl (C=O) groups excluding carboxylic acids is 1. The van der Waals surface area contributed by atoms with E-state index in [0.717, 1.165) is 6.42 Å². The summed E-state index contributed by atoms with van der Waals surface area (Å²) in [6.45, 7) is 6.89. The van der Waals surface area contributed by atoms with Gasteiger partial charge in [-0.1, -0.05) is 20.8 Å². The summed E-state index contributed by atoms with van der Waals surface area (Å²) in [5.41, 5.74) is 0. The Bertz CT molecular complexity index is 230. The van der Waals surface area contributed by atoms with Gasteiger partial charge in [0.15, 0.2) is 0 Å². The van der Waals surface area contributed by atoms with Crippen LogP contribution in [-0.2, 0) is 9.53 Å². The molecular formula is C12H23NO3. The minimum Gasteiger partial charge on any atom is -0.396 e. The summed E-state index contributed by atoms with van der Waals surface area (Å²) in [4.78, 5) is 11.9. The van der Waals surface area contributed by atoms with Gasteiger partial charge in [0.2, 0.25) is 5.91 Å². The normalized spacial score (nSPS) is 27.1. The molecule has 16 heavy (non-hydrogen) atoms. The number of aliphatic hydroxyl groups is 1. The van der Waals surface area contributed by atoms with Gasteiger partial charge in [-0.15, -0.1) is 0 Å². The summed E-state index contributed by atoms with van der Waals surface area (Å²) in [5, 5.41) is 11.9. The first-order valence-electron chi connectivity index (χ1n) is 6.09. The van der Waals surface area contributed by atoms with E-state index in [2.05, 4.69) is 5.32 Å². The number of hydrogen-bond acceptors (Lipinski definition) is 3. The molecule has 0 bridgehead atoms. The lowest BCUT2D eigenvalue weighted by atomic mass is 9.99. The van der Waals surface area contributed by atoms with Crippen LogP contribution in [0.4, 0.5) is 0 Å². The highest BCUT2D eigenvalue weighted by Gasteiger charge is 2.32. The predicted molar refractivity (Wildman–Crippen MR) is 62.0 cm³/mol. The van der Waals surface area contributed by atoms with Gasteiger partial charge in [-0.25, -0.2) is 0 Å². The molecule has 0 spiro atoms. The van der Waals surface area contributed by atoms with Crippen LogP contribution in [0.5, 0.6) is 0 Å². The Morgan fingerprint density at radius 1 is 1.56 bits per heavy atom. The molecule has 4 heteroatoms. The minimum atomic E-state index is -0.306. The molecule has 1 aliphatic heterocycles. The summed E-state index contributed by atoms with van der Waals surface area (Å²) in [5.74, 6) is 0.590. The van der Waals surface area contributed by atoms with Gasteiger partial charge < -0.3 is 15.2 Å². The average molecular weight is 229 g/mol. The highest BCUT2D eigenvalue weighted by Crippen LogP contribution is 2.20. The quantitative estimate of drug-likeness (QED) is 0.737. The SMILES string of the molecule is CC(C)C(CCO)NC(=O)C1OCCC1C. The Morgan fingerprint density at radius 3 is 2.69 bits per heavy atom. The number of amides is 1. The van der Waals surface area contributed by atoms with Crippen LogP contribution in [0.2, 0.25) is 0 Å². The van der Waals surface area contributed by atoms with E-state index < -0.39 is 0 Å². The van der Waals surface area contributed by atoms with Gasteiger partial charge in [0.1, 0.15) is 6.10 Å². The number of rotatable bonds is 5. The number of ether oxygens (including phenoxy) is 1. The van der Waals surface area contributed by atoms with Crippen molar-refractivity contribution in [2.24, 2.45) is 11.8 Å². The maximum atomic E-state index is 11.9. The maximum Gasteiger partial charge on any atom is 0.249 e. The highest BCUT2D eigenvalue weighted by molar-refractivity contribution is 5.81. The van der Waals surface area contributed by atoms with E-state index in [1.165, 1.54) is 0 Å². The van der Waals surface area contributed by atoms with Crippen molar-refractivity contribution in [3.05, 3.63) is 0 Å². The molecule has 1 aliphatic rings. The van der Waals surface area contributed by atoms with Gasteiger partial charge in [-0.2, -0.15) is 0 Å². The molecule has 1 heterocycles. The third-order valence-corrected chi connectivity index (χ3v) is 3.22. The second-order valence-corrected chi connectivity index (χ2v) is 4.93. The van der Waals surface area contributed by atoms with Crippen molar-refractivity contribution in [1.82, 2.24) is 5.32 Å². The number of hydrogen-bond donors (Lipinski definition) is 2. The summed E-state index contributed by atoms with van der Waals surface area (Å²) < 4.78 is 5.41. The van der Waals surface area contributed by atoms with Gasteiger partial charge in [0.05, 0.1) is 0 Å². The minimum absolute atomic E-state index is 0.0304. The van der Waals surface area contributed by atoms with Crippen molar-refractivity contribution in [2.75, 3.05) is 13.2 Å². The molecule has 0 aliphatic carbocycles. The lowest BCUT2D eigenvalue weighted by Gasteiger charge is -2.24. The lowest BCUT2D eigenvalue weighted by molar-refractivity contribution is -0.132. The Kier molecular flexibility index (Phi) is 5.22. The summed E-state index contributed by atoms with van der Waals surface area (Å²) in [6.07, 6.45) is 1.24. The molecule has 1 fully saturated rings. The second kappa shape index (κ2) is 6.21. The fraction of sp³-hybridized carbons (Fsp3) is 0.917. The highest BCUT2D eigenvalue weighted by atomic mass is 16.5. The molecule has 1 rings (SSSR count). The van der Waals surface area contributed by atoms with Crippen LogP contribution in [0.15, 0.2) is 0 Å². The van der Waals surface area contributed by atoms with Crippen LogP contribution in [0.3, 0.4) is 0 Å². The third-order valence-electron chi connectivity index (χ3n) is 3.22. The zero-order valence-electron chi connectivity index (χ0n) is 10.4. The molecule has 3 atom stereocenters. The maximum absolute atomic E-state index is 11.9. The Balaban J connectivity index is 2.47. The molecule has 0 radical (unpaired) electrons. The van der Waals surface area contributed by atoms with Crippen LogP contribution >= 0.6 is 0 Å². The molecule has 4 nitrogen and oxygen atoms in total. The molecule has 94 valence electrons. The van der Waals surface area contributed by atoms with Crippen molar-refractivity contribution in [2.45, 2.75) is 45.8 Å². The van der Waals surface area contributed by atoms with Crippen LogP contribution in [-0.4, -0.2) is 36.4 Å². The summed E-state index contributed by atoms with van der Waals surface area (Å²) in [7, 11) is 0. The van der Waals surface area contributed by atoms with E-state index in [1.807, 2.05) is 20.8 Å². The van der Waals surface area contributed by atoms with E-state index >= 15 is 0 Å². The molecule has 3 unspecified atom stereocenters. The first-order valence-corrected chi connectivity index (χ1v) is 6.09. The number of aliphatic hydroxyl groups excluding tert-OH is 1. The fourth-order valence-corrected chi connectivity index (χ4v) is 2.01. The van der Waals surface area contributed by atoms with Crippen molar-refractivity contribution in [3.8, 4) is 0 Å². The topological polar surface area (TPSA) is 58.6 Å². The smallest absolute Gasteiger partial charge is 0.249 e. The first kappa shape index (κ1) is 13.5. The summed E-state index contributed by atoms with van der Waals surface area (Å²) >= 11 is 0. The van der Waals surface area contributed by atoms with Crippen molar-refractivity contribution >= 4 is 5.91 Å². The zero-order valence-corrected chi connectivity index (χ0v) is 10.4. The van der Waals surface area contributed by atoms with Gasteiger partial charge in [-0.05, 0) is 24.7 Å². The van der Waals surface area contributed by atoms with Gasteiger partial charge in [0.25, 0.3) is 0 Å². The molecule has 0 aromatic heterocycles. The van der Waals surface area contributed by atoms with E-state index in [4.69, 9.17) is 9.84 Å². The van der Waals surface area contributed by atoms with Crippen LogP contribution in [0.1, 0.15) is 33.6 Å². The second-order valence-electron chi connectivity index (χ2n) is 4.93. The monoisotopic (exact) mass is 229 g/mol. The molecular weight excluding hydrogens is 206 g/mol. The van der Waals surface area contributed by atoms with Crippen molar-refractivity contribution in [3.63, 3.8) is 0 Å². The first-order chi connectivity index (χ1) is 7.56. The van der Waals surface area contributed by atoms with E-state index in [0.29, 0.717) is 24.9 Å². The lowest BCUT2D eigenvalue weighted by Crippen LogP contribution is -2.45. The number of carbonyl (C=O) groups is 1. The van der Waals surface area contributed by atoms with E-state index in [9.17, 15) is 4.79 Å². The van der Waals surface area contributed by atoms with E-state index in [-0.39, 0.29) is 24.7 Å². The van der Waals surface area contributed by atoms with Gasteiger partial charge >= 0.3 is 0 Å². The molecule has 0 saturated carbocycles. The Hall–Kier alpha value is -0.610. The molecule has 1 amide bonds. The fourth-order valence-electron chi connectivity index (χ4n) is 2.01. The van der Waals surface area contributed by atoms with Gasteiger partial charge in [0, 0.05) is 19.3 Å². The van der Waals surface area contributed by atoms with Crippen molar-refractivity contribution < 1.29 is 14.6 Å². The van der Waals surface area contributed by atoms with Gasteiger partial charge in [-0.3, -0.25) is 4.79 Å². The zero-order chi connectivity index (χ0) is 12.1.